The fourth-order valence-electron chi connectivity index (χ4n) is 4.55. The Kier molecular flexibility index (Phi) is 7.49. The van der Waals surface area contributed by atoms with Crippen LogP contribution >= 0.6 is 0 Å². The number of halogens is 1. The van der Waals surface area contributed by atoms with Crippen LogP contribution in [0.1, 0.15) is 16.7 Å². The van der Waals surface area contributed by atoms with E-state index in [4.69, 9.17) is 4.74 Å². The molecule has 3 aromatic rings. The van der Waals surface area contributed by atoms with Gasteiger partial charge in [-0.15, -0.1) is 0 Å². The Hall–Kier alpha value is -2.67. The Labute approximate surface area is 201 Å². The number of rotatable bonds is 5. The Morgan fingerprint density at radius 3 is 1.68 bits per heavy atom. The number of benzene rings is 3. The first kappa shape index (κ1) is 23.0. The zero-order chi connectivity index (χ0) is 21.0. The second-order valence-electron chi connectivity index (χ2n) is 7.74. The van der Waals surface area contributed by atoms with Gasteiger partial charge in [0.1, 0.15) is 19.0 Å². The SMILES string of the molecule is COC(=O)C1CN(C)C=[N+](C(c2ccccc2)(c2ccccc2)c2ccccc2)C1.[I-]. The fraction of sp³-hybridized carbons (Fsp3) is 0.231. The van der Waals surface area contributed by atoms with E-state index in [9.17, 15) is 4.79 Å². The zero-order valence-electron chi connectivity index (χ0n) is 17.8. The van der Waals surface area contributed by atoms with Crippen molar-refractivity contribution in [2.45, 2.75) is 5.54 Å². The highest BCUT2D eigenvalue weighted by Crippen LogP contribution is 2.41. The summed E-state index contributed by atoms with van der Waals surface area (Å²) in [6.45, 7) is 1.20. The van der Waals surface area contributed by atoms with Gasteiger partial charge in [-0.05, 0) is 0 Å². The molecule has 4 nitrogen and oxygen atoms in total. The fourth-order valence-corrected chi connectivity index (χ4v) is 4.55. The molecule has 0 aromatic heterocycles. The van der Waals surface area contributed by atoms with Crippen molar-refractivity contribution in [3.63, 3.8) is 0 Å². The molecule has 1 unspecified atom stereocenters. The summed E-state index contributed by atoms with van der Waals surface area (Å²) in [5.74, 6) is -0.413. The van der Waals surface area contributed by atoms with E-state index in [0.717, 1.165) is 16.7 Å². The Bertz CT molecular complexity index is 926. The van der Waals surface area contributed by atoms with Gasteiger partial charge in [0.15, 0.2) is 5.54 Å². The van der Waals surface area contributed by atoms with Gasteiger partial charge in [0.05, 0.1) is 14.2 Å². The van der Waals surface area contributed by atoms with Crippen molar-refractivity contribution in [2.75, 3.05) is 27.2 Å². The summed E-state index contributed by atoms with van der Waals surface area (Å²) in [5.41, 5.74) is 2.87. The van der Waals surface area contributed by atoms with Gasteiger partial charge < -0.3 is 28.7 Å². The number of ether oxygens (including phenoxy) is 1. The normalized spacial score (nSPS) is 16.1. The molecule has 3 aromatic carbocycles. The number of carbonyl (C=O) groups excluding carboxylic acids is 1. The molecule has 0 fully saturated rings. The number of methoxy groups -OCH3 is 1. The molecule has 160 valence electrons. The average Bonchev–Trinajstić information content (AvgIpc) is 2.81. The molecule has 0 radical (unpaired) electrons. The minimum atomic E-state index is -0.579. The molecule has 1 aliphatic heterocycles. The van der Waals surface area contributed by atoms with Gasteiger partial charge in [0.2, 0.25) is 6.34 Å². The van der Waals surface area contributed by atoms with Crippen LogP contribution in [-0.4, -0.2) is 49.0 Å². The van der Waals surface area contributed by atoms with Crippen LogP contribution in [0.15, 0.2) is 91.0 Å². The van der Waals surface area contributed by atoms with Crippen molar-refractivity contribution < 1.29 is 38.1 Å². The molecular weight excluding hydrogens is 499 g/mol. The number of hydrogen-bond donors (Lipinski definition) is 0. The lowest BCUT2D eigenvalue weighted by molar-refractivity contribution is -0.603. The first-order valence-electron chi connectivity index (χ1n) is 10.2. The summed E-state index contributed by atoms with van der Waals surface area (Å²) in [7, 11) is 3.47. The maximum Gasteiger partial charge on any atom is 0.316 e. The van der Waals surface area contributed by atoms with E-state index < -0.39 is 5.54 Å². The van der Waals surface area contributed by atoms with Gasteiger partial charge in [-0.2, -0.15) is 0 Å². The quantitative estimate of drug-likeness (QED) is 0.213. The third kappa shape index (κ3) is 4.37. The summed E-state index contributed by atoms with van der Waals surface area (Å²) in [5, 5.41) is 0. The van der Waals surface area contributed by atoms with E-state index in [0.29, 0.717) is 13.1 Å². The lowest BCUT2D eigenvalue weighted by Gasteiger charge is -2.39. The van der Waals surface area contributed by atoms with Crippen molar-refractivity contribution >= 4 is 12.3 Å². The maximum absolute atomic E-state index is 12.5. The van der Waals surface area contributed by atoms with Crippen molar-refractivity contribution in [1.29, 1.82) is 0 Å². The van der Waals surface area contributed by atoms with Crippen molar-refractivity contribution in [3.8, 4) is 0 Å². The highest BCUT2D eigenvalue weighted by molar-refractivity contribution is 5.73. The standard InChI is InChI=1S/C26H27N2O2.HI/c1-27-18-21(25(29)30-2)19-28(20-27)26(22-12-6-3-7-13-22,23-14-8-4-9-15-23)24-16-10-5-11-17-24;/h3-17,20-21H,18-19H2,1-2H3;1H/q+1;/p-1. The molecule has 0 N–H and O–H groups in total. The van der Waals surface area contributed by atoms with Gasteiger partial charge in [0, 0.05) is 16.7 Å². The highest BCUT2D eigenvalue weighted by Gasteiger charge is 2.47. The van der Waals surface area contributed by atoms with E-state index in [1.807, 2.05) is 25.2 Å². The molecule has 0 saturated carbocycles. The highest BCUT2D eigenvalue weighted by atomic mass is 127. The molecule has 4 rings (SSSR count). The molecule has 0 spiro atoms. The van der Waals surface area contributed by atoms with Gasteiger partial charge in [-0.1, -0.05) is 91.0 Å². The van der Waals surface area contributed by atoms with Gasteiger partial charge >= 0.3 is 5.97 Å². The summed E-state index contributed by atoms with van der Waals surface area (Å²) in [6.07, 6.45) is 2.13. The molecule has 1 heterocycles. The van der Waals surface area contributed by atoms with E-state index in [-0.39, 0.29) is 35.9 Å². The molecule has 5 heteroatoms. The minimum absolute atomic E-state index is 0. The predicted octanol–water partition coefficient (Wildman–Crippen LogP) is 0.758. The Balaban J connectivity index is 0.00000272. The Morgan fingerprint density at radius 2 is 1.29 bits per heavy atom. The van der Waals surface area contributed by atoms with Crippen LogP contribution in [0.2, 0.25) is 0 Å². The molecular formula is C26H27IN2O2. The molecule has 31 heavy (non-hydrogen) atoms. The van der Waals surface area contributed by atoms with Crippen LogP contribution in [0.3, 0.4) is 0 Å². The first-order valence-corrected chi connectivity index (χ1v) is 10.2. The Morgan fingerprint density at radius 1 is 0.871 bits per heavy atom. The topological polar surface area (TPSA) is 32.5 Å². The smallest absolute Gasteiger partial charge is 0.316 e. The number of esters is 1. The monoisotopic (exact) mass is 526 g/mol. The van der Waals surface area contributed by atoms with E-state index in [2.05, 4.69) is 88.6 Å². The van der Waals surface area contributed by atoms with E-state index in [1.54, 1.807) is 0 Å². The van der Waals surface area contributed by atoms with Crippen LogP contribution in [0.4, 0.5) is 0 Å². The molecule has 0 aliphatic carbocycles. The number of hydrogen-bond acceptors (Lipinski definition) is 3. The maximum atomic E-state index is 12.5. The molecule has 1 aliphatic rings. The van der Waals surface area contributed by atoms with Crippen LogP contribution in [0, 0.1) is 5.92 Å². The van der Waals surface area contributed by atoms with Crippen molar-refractivity contribution in [1.82, 2.24) is 4.90 Å². The van der Waals surface area contributed by atoms with E-state index in [1.165, 1.54) is 7.11 Å². The lowest BCUT2D eigenvalue weighted by Crippen LogP contribution is -3.00. The summed E-state index contributed by atoms with van der Waals surface area (Å²) in [6, 6.07) is 31.5. The zero-order valence-corrected chi connectivity index (χ0v) is 20.0. The summed E-state index contributed by atoms with van der Waals surface area (Å²) in [4.78, 5) is 14.6. The third-order valence-electron chi connectivity index (χ3n) is 5.80. The largest absolute Gasteiger partial charge is 1.00 e. The average molecular weight is 526 g/mol. The number of carbonyl (C=O) groups is 1. The lowest BCUT2D eigenvalue weighted by atomic mass is 9.76. The van der Waals surface area contributed by atoms with Crippen LogP contribution < -0.4 is 24.0 Å². The molecule has 0 amide bonds. The van der Waals surface area contributed by atoms with Crippen molar-refractivity contribution in [3.05, 3.63) is 108 Å². The van der Waals surface area contributed by atoms with Gasteiger partial charge in [-0.3, -0.25) is 9.69 Å². The predicted molar refractivity (Wildman–Crippen MR) is 119 cm³/mol. The second-order valence-corrected chi connectivity index (χ2v) is 7.74. The van der Waals surface area contributed by atoms with Crippen LogP contribution in [-0.2, 0) is 15.1 Å². The summed E-state index contributed by atoms with van der Waals surface area (Å²) >= 11 is 0. The van der Waals surface area contributed by atoms with Gasteiger partial charge in [0.25, 0.3) is 0 Å². The van der Waals surface area contributed by atoms with Gasteiger partial charge in [-0.25, -0.2) is 4.58 Å². The third-order valence-corrected chi connectivity index (χ3v) is 5.80. The van der Waals surface area contributed by atoms with E-state index >= 15 is 0 Å². The molecule has 1 atom stereocenters. The van der Waals surface area contributed by atoms with Crippen LogP contribution in [0.5, 0.6) is 0 Å². The molecule has 0 saturated heterocycles. The van der Waals surface area contributed by atoms with Crippen molar-refractivity contribution in [2.24, 2.45) is 5.92 Å². The minimum Gasteiger partial charge on any atom is -1.00 e. The summed E-state index contributed by atoms with van der Waals surface area (Å²) < 4.78 is 7.40. The first-order chi connectivity index (χ1) is 14.7. The van der Waals surface area contributed by atoms with Crippen LogP contribution in [0.25, 0.3) is 0 Å². The molecule has 0 bridgehead atoms. The second kappa shape index (κ2) is 10.1. The number of nitrogens with zero attached hydrogens (tertiary/aromatic N) is 2.